The molecule has 1 amide bonds. The molecule has 156 valence electrons. The van der Waals surface area contributed by atoms with Crippen LogP contribution < -0.4 is 4.74 Å². The summed E-state index contributed by atoms with van der Waals surface area (Å²) in [5, 5.41) is 2.58. The van der Waals surface area contributed by atoms with Crippen LogP contribution in [0.1, 0.15) is 38.3 Å². The van der Waals surface area contributed by atoms with Crippen LogP contribution in [0.3, 0.4) is 0 Å². The SMILES string of the molecule is CCCC1=C(C(=O)OCC)[C@H](c2c(OC)ccc3ccccc23)N2C(=O)CSC2=N1. The van der Waals surface area contributed by atoms with Gasteiger partial charge in [-0.15, -0.1) is 0 Å². The predicted molar refractivity (Wildman–Crippen MR) is 119 cm³/mol. The Kier molecular flexibility index (Phi) is 5.81. The maximum absolute atomic E-state index is 13.2. The molecule has 0 saturated carbocycles. The number of fused-ring (bicyclic) bond motifs is 2. The molecule has 0 aliphatic carbocycles. The Labute approximate surface area is 179 Å². The fourth-order valence-electron chi connectivity index (χ4n) is 4.05. The van der Waals surface area contributed by atoms with Crippen LogP contribution in [0, 0.1) is 0 Å². The van der Waals surface area contributed by atoms with Crippen molar-refractivity contribution in [3.8, 4) is 5.75 Å². The zero-order valence-electron chi connectivity index (χ0n) is 17.3. The molecule has 0 aromatic heterocycles. The molecule has 4 rings (SSSR count). The molecule has 2 aliphatic heterocycles. The molecule has 0 N–H and O–H groups in total. The highest BCUT2D eigenvalue weighted by Crippen LogP contribution is 2.47. The van der Waals surface area contributed by atoms with Gasteiger partial charge >= 0.3 is 5.97 Å². The number of nitrogens with zero attached hydrogens (tertiary/aromatic N) is 2. The van der Waals surface area contributed by atoms with E-state index in [-0.39, 0.29) is 12.5 Å². The number of hydrogen-bond acceptors (Lipinski definition) is 6. The van der Waals surface area contributed by atoms with Crippen molar-refractivity contribution in [2.75, 3.05) is 19.5 Å². The number of ether oxygens (including phenoxy) is 2. The monoisotopic (exact) mass is 424 g/mol. The van der Waals surface area contributed by atoms with Crippen LogP contribution >= 0.6 is 11.8 Å². The summed E-state index contributed by atoms with van der Waals surface area (Å²) in [7, 11) is 1.60. The van der Waals surface area contributed by atoms with Gasteiger partial charge in [0.1, 0.15) is 11.8 Å². The van der Waals surface area contributed by atoms with E-state index in [0.717, 1.165) is 22.8 Å². The Bertz CT molecular complexity index is 1080. The summed E-state index contributed by atoms with van der Waals surface area (Å²) in [4.78, 5) is 32.4. The molecule has 6 nitrogen and oxygen atoms in total. The third-order valence-electron chi connectivity index (χ3n) is 5.28. The van der Waals surface area contributed by atoms with Crippen LogP contribution in [0.4, 0.5) is 0 Å². The standard InChI is InChI=1S/C23H24N2O4S/c1-4-8-16-20(22(27)29-5-2)21(25-18(26)13-30-23(25)24-16)19-15-10-7-6-9-14(15)11-12-17(19)28-3/h6-7,9-12,21H,4-5,8,13H2,1-3H3/t21-/m0/s1. The number of esters is 1. The molecular formula is C23H24N2O4S. The first kappa shape index (κ1) is 20.5. The van der Waals surface area contributed by atoms with Crippen LogP contribution in [0.25, 0.3) is 10.8 Å². The average molecular weight is 425 g/mol. The molecule has 0 unspecified atom stereocenters. The molecule has 2 heterocycles. The second-order valence-corrected chi connectivity index (χ2v) is 8.03. The number of methoxy groups -OCH3 is 1. The molecule has 30 heavy (non-hydrogen) atoms. The number of amides is 1. The van der Waals surface area contributed by atoms with Gasteiger partial charge in [0, 0.05) is 5.56 Å². The van der Waals surface area contributed by atoms with E-state index in [1.165, 1.54) is 11.8 Å². The molecule has 2 aromatic rings. The second kappa shape index (κ2) is 8.52. The maximum Gasteiger partial charge on any atom is 0.338 e. The van der Waals surface area contributed by atoms with E-state index in [4.69, 9.17) is 14.5 Å². The molecule has 0 radical (unpaired) electrons. The van der Waals surface area contributed by atoms with Crippen molar-refractivity contribution in [3.63, 3.8) is 0 Å². The van der Waals surface area contributed by atoms with Crippen molar-refractivity contribution in [1.82, 2.24) is 4.90 Å². The first-order valence-corrected chi connectivity index (χ1v) is 11.1. The van der Waals surface area contributed by atoms with Gasteiger partial charge in [-0.05, 0) is 30.2 Å². The van der Waals surface area contributed by atoms with E-state index in [0.29, 0.717) is 34.4 Å². The minimum Gasteiger partial charge on any atom is -0.496 e. The van der Waals surface area contributed by atoms with E-state index < -0.39 is 12.0 Å². The van der Waals surface area contributed by atoms with E-state index in [2.05, 4.69) is 0 Å². The molecule has 1 fully saturated rings. The Morgan fingerprint density at radius 2 is 2.03 bits per heavy atom. The molecule has 1 atom stereocenters. The van der Waals surface area contributed by atoms with Gasteiger partial charge in [-0.25, -0.2) is 9.79 Å². The quantitative estimate of drug-likeness (QED) is 0.641. The summed E-state index contributed by atoms with van der Waals surface area (Å²) in [6.07, 6.45) is 1.46. The Hall–Kier alpha value is -2.80. The Morgan fingerprint density at radius 1 is 1.23 bits per heavy atom. The number of benzene rings is 2. The number of rotatable bonds is 6. The molecular weight excluding hydrogens is 400 g/mol. The Morgan fingerprint density at radius 3 is 2.77 bits per heavy atom. The summed E-state index contributed by atoms with van der Waals surface area (Å²) in [6, 6.07) is 11.2. The van der Waals surface area contributed by atoms with Gasteiger partial charge in [0.25, 0.3) is 0 Å². The smallest absolute Gasteiger partial charge is 0.338 e. The number of aliphatic imine (C=N–C) groups is 1. The number of allylic oxidation sites excluding steroid dienone is 1. The van der Waals surface area contributed by atoms with Gasteiger partial charge in [0.2, 0.25) is 5.91 Å². The zero-order valence-corrected chi connectivity index (χ0v) is 18.1. The maximum atomic E-state index is 13.2. The van der Waals surface area contributed by atoms with Crippen LogP contribution in [0.15, 0.2) is 52.7 Å². The lowest BCUT2D eigenvalue weighted by atomic mass is 9.89. The lowest BCUT2D eigenvalue weighted by Crippen LogP contribution is -2.40. The highest BCUT2D eigenvalue weighted by Gasteiger charge is 2.45. The predicted octanol–water partition coefficient (Wildman–Crippen LogP) is 4.45. The van der Waals surface area contributed by atoms with Gasteiger partial charge in [-0.3, -0.25) is 9.69 Å². The third kappa shape index (κ3) is 3.37. The third-order valence-corrected chi connectivity index (χ3v) is 6.22. The number of thioether (sulfide) groups is 1. The van der Waals surface area contributed by atoms with Gasteiger partial charge < -0.3 is 9.47 Å². The van der Waals surface area contributed by atoms with Crippen LogP contribution in [-0.2, 0) is 14.3 Å². The largest absolute Gasteiger partial charge is 0.496 e. The van der Waals surface area contributed by atoms with E-state index in [1.807, 2.05) is 43.3 Å². The fourth-order valence-corrected chi connectivity index (χ4v) is 4.96. The van der Waals surface area contributed by atoms with Crippen LogP contribution in [-0.4, -0.2) is 41.4 Å². The molecule has 2 aromatic carbocycles. The second-order valence-electron chi connectivity index (χ2n) is 7.08. The number of carbonyl (C=O) groups is 2. The summed E-state index contributed by atoms with van der Waals surface area (Å²) >= 11 is 1.41. The van der Waals surface area contributed by atoms with Crippen molar-refractivity contribution in [2.45, 2.75) is 32.7 Å². The van der Waals surface area contributed by atoms with Crippen molar-refractivity contribution < 1.29 is 19.1 Å². The summed E-state index contributed by atoms with van der Waals surface area (Å²) in [5.74, 6) is 0.421. The number of carbonyl (C=O) groups excluding carboxylic acids is 2. The summed E-state index contributed by atoms with van der Waals surface area (Å²) < 4.78 is 11.1. The normalized spacial score (nSPS) is 18.5. The zero-order chi connectivity index (χ0) is 21.3. The van der Waals surface area contributed by atoms with Gasteiger partial charge in [0.15, 0.2) is 5.17 Å². The van der Waals surface area contributed by atoms with Crippen molar-refractivity contribution in [1.29, 1.82) is 0 Å². The first-order valence-electron chi connectivity index (χ1n) is 10.1. The van der Waals surface area contributed by atoms with Gasteiger partial charge in [-0.2, -0.15) is 0 Å². The lowest BCUT2D eigenvalue weighted by molar-refractivity contribution is -0.139. The van der Waals surface area contributed by atoms with Crippen molar-refractivity contribution in [2.24, 2.45) is 4.99 Å². The molecule has 0 spiro atoms. The minimum absolute atomic E-state index is 0.0731. The Balaban J connectivity index is 2.04. The molecule has 1 saturated heterocycles. The highest BCUT2D eigenvalue weighted by atomic mass is 32.2. The van der Waals surface area contributed by atoms with Gasteiger partial charge in [0.05, 0.1) is 30.7 Å². The lowest BCUT2D eigenvalue weighted by Gasteiger charge is -2.34. The summed E-state index contributed by atoms with van der Waals surface area (Å²) in [6.45, 7) is 4.07. The fraction of sp³-hybridized carbons (Fsp3) is 0.348. The molecule has 7 heteroatoms. The number of hydrogen-bond donors (Lipinski definition) is 0. The van der Waals surface area contributed by atoms with Crippen molar-refractivity contribution >= 4 is 39.6 Å². The molecule has 0 bridgehead atoms. The van der Waals surface area contributed by atoms with E-state index >= 15 is 0 Å². The molecule has 2 aliphatic rings. The topological polar surface area (TPSA) is 68.2 Å². The average Bonchev–Trinajstić information content (AvgIpc) is 3.12. The van der Waals surface area contributed by atoms with Crippen LogP contribution in [0.5, 0.6) is 5.75 Å². The number of amidine groups is 1. The van der Waals surface area contributed by atoms with Gasteiger partial charge in [-0.1, -0.05) is 55.4 Å². The van der Waals surface area contributed by atoms with Crippen LogP contribution in [0.2, 0.25) is 0 Å². The highest BCUT2D eigenvalue weighted by molar-refractivity contribution is 8.15. The van der Waals surface area contributed by atoms with Crippen molar-refractivity contribution in [3.05, 3.63) is 53.2 Å². The van der Waals surface area contributed by atoms with E-state index in [9.17, 15) is 9.59 Å². The van der Waals surface area contributed by atoms with E-state index in [1.54, 1.807) is 18.9 Å². The summed E-state index contributed by atoms with van der Waals surface area (Å²) in [5.41, 5.74) is 1.90. The minimum atomic E-state index is -0.637. The first-order chi connectivity index (χ1) is 14.6.